The third-order valence-electron chi connectivity index (χ3n) is 3.05. The molecule has 5 heteroatoms. The van der Waals surface area contributed by atoms with Gasteiger partial charge in [0.2, 0.25) is 0 Å². The van der Waals surface area contributed by atoms with Gasteiger partial charge in [-0.05, 0) is 42.4 Å². The minimum absolute atomic E-state index is 0.404. The van der Waals surface area contributed by atoms with Gasteiger partial charge in [0.05, 0.1) is 0 Å². The van der Waals surface area contributed by atoms with Crippen LogP contribution in [0.1, 0.15) is 6.92 Å². The minimum Gasteiger partial charge on any atom is -0.423 e. The molecule has 0 fully saturated rings. The van der Waals surface area contributed by atoms with Crippen LogP contribution in [-0.2, 0) is 0 Å². The molecule has 0 bridgehead atoms. The highest BCUT2D eigenvalue weighted by Gasteiger charge is 2.08. The molecule has 0 radical (unpaired) electrons. The van der Waals surface area contributed by atoms with Gasteiger partial charge in [-0.2, -0.15) is 4.98 Å². The fraction of sp³-hybridized carbons (Fsp3) is 0.125. The molecule has 0 saturated heterocycles. The fourth-order valence-corrected chi connectivity index (χ4v) is 2.32. The zero-order valence-electron chi connectivity index (χ0n) is 11.6. The van der Waals surface area contributed by atoms with E-state index in [4.69, 9.17) is 16.6 Å². The van der Waals surface area contributed by atoms with Crippen molar-refractivity contribution in [3.63, 3.8) is 0 Å². The van der Waals surface area contributed by atoms with E-state index in [9.17, 15) is 0 Å². The lowest BCUT2D eigenvalue weighted by atomic mass is 10.1. The molecule has 0 aliphatic heterocycles. The van der Waals surface area contributed by atoms with Crippen LogP contribution in [0, 0.1) is 0 Å². The van der Waals surface area contributed by atoms with Crippen LogP contribution in [0.15, 0.2) is 52.9 Å². The number of oxazole rings is 1. The van der Waals surface area contributed by atoms with Crippen LogP contribution in [0.3, 0.4) is 0 Å². The normalized spacial score (nSPS) is 10.5. The number of fused-ring (bicyclic) bond motifs is 1. The Morgan fingerprint density at radius 2 is 1.95 bits per heavy atom. The van der Waals surface area contributed by atoms with Gasteiger partial charge in [0.15, 0.2) is 10.7 Å². The summed E-state index contributed by atoms with van der Waals surface area (Å²) in [6, 6.07) is 16.5. The summed E-state index contributed by atoms with van der Waals surface area (Å²) in [4.78, 5) is 4.42. The molecule has 1 aromatic heterocycles. The van der Waals surface area contributed by atoms with Crippen molar-refractivity contribution in [3.05, 3.63) is 48.5 Å². The van der Waals surface area contributed by atoms with Gasteiger partial charge >= 0.3 is 6.01 Å². The molecule has 106 valence electrons. The lowest BCUT2D eigenvalue weighted by Gasteiger charge is -2.03. The maximum atomic E-state index is 5.63. The SMILES string of the molecule is CCNC(=S)Nc1nc2cc(-c3ccccc3)ccc2o1. The van der Waals surface area contributed by atoms with Crippen LogP contribution in [-0.4, -0.2) is 16.6 Å². The van der Waals surface area contributed by atoms with Gasteiger partial charge in [-0.15, -0.1) is 0 Å². The van der Waals surface area contributed by atoms with Crippen molar-refractivity contribution >= 4 is 34.4 Å². The maximum Gasteiger partial charge on any atom is 0.302 e. The molecule has 0 amide bonds. The second-order valence-electron chi connectivity index (χ2n) is 4.55. The second kappa shape index (κ2) is 5.93. The van der Waals surface area contributed by atoms with E-state index in [0.29, 0.717) is 11.1 Å². The molecule has 1 heterocycles. The Bertz CT molecular complexity index is 768. The lowest BCUT2D eigenvalue weighted by Crippen LogP contribution is -2.27. The van der Waals surface area contributed by atoms with Crippen molar-refractivity contribution in [3.8, 4) is 11.1 Å². The Kier molecular flexibility index (Phi) is 3.83. The first-order chi connectivity index (χ1) is 10.3. The average Bonchev–Trinajstić information content (AvgIpc) is 2.89. The first-order valence-corrected chi connectivity index (χ1v) is 7.18. The number of anilines is 1. The molecule has 0 spiro atoms. The number of nitrogens with zero attached hydrogens (tertiary/aromatic N) is 1. The molecule has 0 aliphatic carbocycles. The van der Waals surface area contributed by atoms with E-state index in [0.717, 1.165) is 28.8 Å². The van der Waals surface area contributed by atoms with Gasteiger partial charge in [-0.25, -0.2) is 0 Å². The van der Waals surface area contributed by atoms with Gasteiger partial charge in [-0.3, -0.25) is 5.32 Å². The highest BCUT2D eigenvalue weighted by molar-refractivity contribution is 7.80. The monoisotopic (exact) mass is 297 g/mol. The Morgan fingerprint density at radius 3 is 2.71 bits per heavy atom. The van der Waals surface area contributed by atoms with Crippen LogP contribution in [0.25, 0.3) is 22.2 Å². The molecule has 4 nitrogen and oxygen atoms in total. The Hall–Kier alpha value is -2.40. The number of hydrogen-bond donors (Lipinski definition) is 2. The van der Waals surface area contributed by atoms with Gasteiger partial charge in [0.25, 0.3) is 0 Å². The summed E-state index contributed by atoms with van der Waals surface area (Å²) in [5, 5.41) is 6.44. The maximum absolute atomic E-state index is 5.63. The zero-order chi connectivity index (χ0) is 14.7. The highest BCUT2D eigenvalue weighted by Crippen LogP contribution is 2.25. The van der Waals surface area contributed by atoms with Crippen molar-refractivity contribution in [2.75, 3.05) is 11.9 Å². The molecule has 3 aromatic rings. The first-order valence-electron chi connectivity index (χ1n) is 6.77. The summed E-state index contributed by atoms with van der Waals surface area (Å²) in [5.74, 6) is 0. The van der Waals surface area contributed by atoms with Crippen molar-refractivity contribution in [2.45, 2.75) is 6.92 Å². The van der Waals surface area contributed by atoms with Crippen molar-refractivity contribution in [2.24, 2.45) is 0 Å². The second-order valence-corrected chi connectivity index (χ2v) is 4.96. The number of hydrogen-bond acceptors (Lipinski definition) is 3. The molecular weight excluding hydrogens is 282 g/mol. The van der Waals surface area contributed by atoms with E-state index < -0.39 is 0 Å². The molecule has 0 unspecified atom stereocenters. The number of thiocarbonyl (C=S) groups is 1. The Morgan fingerprint density at radius 1 is 1.14 bits per heavy atom. The van der Waals surface area contributed by atoms with Gasteiger partial charge in [-0.1, -0.05) is 36.4 Å². The van der Waals surface area contributed by atoms with Crippen LogP contribution in [0.2, 0.25) is 0 Å². The number of benzene rings is 2. The van der Waals surface area contributed by atoms with Crippen molar-refractivity contribution in [1.29, 1.82) is 0 Å². The summed E-state index contributed by atoms with van der Waals surface area (Å²) < 4.78 is 5.63. The number of aromatic nitrogens is 1. The molecule has 0 aliphatic rings. The van der Waals surface area contributed by atoms with Gasteiger partial charge in [0, 0.05) is 6.54 Å². The van der Waals surface area contributed by atoms with E-state index in [-0.39, 0.29) is 0 Å². The van der Waals surface area contributed by atoms with E-state index >= 15 is 0 Å². The molecule has 3 rings (SSSR count). The summed E-state index contributed by atoms with van der Waals surface area (Å²) in [7, 11) is 0. The highest BCUT2D eigenvalue weighted by atomic mass is 32.1. The van der Waals surface area contributed by atoms with Crippen molar-refractivity contribution in [1.82, 2.24) is 10.3 Å². The molecular formula is C16H15N3OS. The number of rotatable bonds is 3. The molecule has 21 heavy (non-hydrogen) atoms. The average molecular weight is 297 g/mol. The predicted octanol–water partition coefficient (Wildman–Crippen LogP) is 3.80. The van der Waals surface area contributed by atoms with E-state index in [2.05, 4.69) is 27.8 Å². The van der Waals surface area contributed by atoms with Crippen molar-refractivity contribution < 1.29 is 4.42 Å². The summed E-state index contributed by atoms with van der Waals surface area (Å²) in [6.07, 6.45) is 0. The Labute approximate surface area is 128 Å². The molecule has 0 atom stereocenters. The van der Waals surface area contributed by atoms with E-state index in [1.54, 1.807) is 0 Å². The van der Waals surface area contributed by atoms with Gasteiger partial charge < -0.3 is 9.73 Å². The quantitative estimate of drug-likeness (QED) is 0.720. The third kappa shape index (κ3) is 3.03. The fourth-order valence-electron chi connectivity index (χ4n) is 2.09. The third-order valence-corrected chi connectivity index (χ3v) is 3.30. The Balaban J connectivity index is 1.90. The minimum atomic E-state index is 0.404. The largest absolute Gasteiger partial charge is 0.423 e. The van der Waals surface area contributed by atoms with Crippen LogP contribution in [0.4, 0.5) is 6.01 Å². The van der Waals surface area contributed by atoms with E-state index in [1.165, 1.54) is 0 Å². The summed E-state index contributed by atoms with van der Waals surface area (Å²) >= 11 is 5.12. The predicted molar refractivity (Wildman–Crippen MR) is 89.3 cm³/mol. The lowest BCUT2D eigenvalue weighted by molar-refractivity contribution is 0.624. The topological polar surface area (TPSA) is 50.1 Å². The number of nitrogens with one attached hydrogen (secondary N) is 2. The van der Waals surface area contributed by atoms with Crippen LogP contribution < -0.4 is 10.6 Å². The zero-order valence-corrected chi connectivity index (χ0v) is 12.4. The standard InChI is InChI=1S/C16H15N3OS/c1-2-17-16(21)19-15-18-13-10-12(8-9-14(13)20-15)11-6-4-3-5-7-11/h3-10H,2H2,1H3,(H2,17,18,19,21). The molecule has 2 N–H and O–H groups in total. The summed E-state index contributed by atoms with van der Waals surface area (Å²) in [5.41, 5.74) is 3.80. The molecule has 2 aromatic carbocycles. The van der Waals surface area contributed by atoms with Crippen LogP contribution in [0.5, 0.6) is 0 Å². The molecule has 0 saturated carbocycles. The van der Waals surface area contributed by atoms with Crippen LogP contribution >= 0.6 is 12.2 Å². The smallest absolute Gasteiger partial charge is 0.302 e. The van der Waals surface area contributed by atoms with Gasteiger partial charge in [0.1, 0.15) is 5.52 Å². The summed E-state index contributed by atoms with van der Waals surface area (Å²) in [6.45, 7) is 2.73. The van der Waals surface area contributed by atoms with E-state index in [1.807, 2.05) is 43.3 Å². The first kappa shape index (κ1) is 13.6.